The maximum atomic E-state index is 12.9. The molecule has 0 N–H and O–H groups in total. The molecule has 0 bridgehead atoms. The summed E-state index contributed by atoms with van der Waals surface area (Å²) in [6, 6.07) is 15.8. The summed E-state index contributed by atoms with van der Waals surface area (Å²) in [5.74, 6) is 1.26. The van der Waals surface area contributed by atoms with Crippen LogP contribution >= 0.6 is 11.3 Å². The Morgan fingerprint density at radius 2 is 1.87 bits per heavy atom. The van der Waals surface area contributed by atoms with E-state index in [-0.39, 0.29) is 11.0 Å². The molecule has 0 aliphatic carbocycles. The molecule has 30 heavy (non-hydrogen) atoms. The molecule has 6 heteroatoms. The Morgan fingerprint density at radius 1 is 1.13 bits per heavy atom. The number of hydrogen-bond acceptors (Lipinski definition) is 5. The second-order valence-electron chi connectivity index (χ2n) is 8.01. The van der Waals surface area contributed by atoms with E-state index in [2.05, 4.69) is 49.6 Å². The highest BCUT2D eigenvalue weighted by atomic mass is 32.1. The zero-order chi connectivity index (χ0) is 21.3. The Bertz CT molecular complexity index is 1310. The van der Waals surface area contributed by atoms with E-state index in [1.165, 1.54) is 21.4 Å². The molecule has 0 unspecified atom stereocenters. The molecule has 2 heterocycles. The maximum absolute atomic E-state index is 12.9. The third kappa shape index (κ3) is 3.91. The number of para-hydroxylation sites is 1. The summed E-state index contributed by atoms with van der Waals surface area (Å²) in [5.41, 5.74) is 2.87. The lowest BCUT2D eigenvalue weighted by atomic mass is 9.87. The molecule has 0 saturated heterocycles. The number of ether oxygens (including phenoxy) is 1. The van der Waals surface area contributed by atoms with Crippen molar-refractivity contribution < 1.29 is 4.74 Å². The van der Waals surface area contributed by atoms with Gasteiger partial charge in [0, 0.05) is 11.1 Å². The number of hydrogen-bond donors (Lipinski definition) is 0. The molecule has 2 aromatic carbocycles. The van der Waals surface area contributed by atoms with E-state index in [1.807, 2.05) is 42.5 Å². The summed E-state index contributed by atoms with van der Waals surface area (Å²) >= 11 is 1.32. The second-order valence-corrected chi connectivity index (χ2v) is 9.02. The van der Waals surface area contributed by atoms with Gasteiger partial charge >= 0.3 is 0 Å². The lowest BCUT2D eigenvalue weighted by Crippen LogP contribution is -2.23. The molecule has 2 aromatic heterocycles. The first kappa shape index (κ1) is 20.0. The summed E-state index contributed by atoms with van der Waals surface area (Å²) in [5, 5.41) is 4.45. The van der Waals surface area contributed by atoms with Gasteiger partial charge in [-0.2, -0.15) is 9.50 Å². The molecule has 0 atom stereocenters. The molecule has 152 valence electrons. The van der Waals surface area contributed by atoms with E-state index in [0.29, 0.717) is 27.7 Å². The average molecular weight is 418 g/mol. The van der Waals surface area contributed by atoms with Crippen LogP contribution in [0.4, 0.5) is 0 Å². The Hall–Kier alpha value is -3.25. The van der Waals surface area contributed by atoms with Crippen LogP contribution < -0.4 is 14.8 Å². The highest BCUT2D eigenvalue weighted by molar-refractivity contribution is 7.15. The van der Waals surface area contributed by atoms with Crippen molar-refractivity contribution in [3.63, 3.8) is 0 Å². The lowest BCUT2D eigenvalue weighted by molar-refractivity contribution is 0.362. The molecular formula is C24H23N3O2S. The number of rotatable bonds is 5. The van der Waals surface area contributed by atoms with E-state index in [4.69, 9.17) is 4.74 Å². The van der Waals surface area contributed by atoms with Crippen LogP contribution in [0.25, 0.3) is 22.4 Å². The summed E-state index contributed by atoms with van der Waals surface area (Å²) in [6.45, 7) is 10.6. The predicted molar refractivity (Wildman–Crippen MR) is 122 cm³/mol. The fourth-order valence-corrected chi connectivity index (χ4v) is 4.00. The van der Waals surface area contributed by atoms with E-state index in [1.54, 1.807) is 6.08 Å². The van der Waals surface area contributed by atoms with Gasteiger partial charge in [-0.3, -0.25) is 4.79 Å². The van der Waals surface area contributed by atoms with E-state index in [9.17, 15) is 4.79 Å². The molecule has 0 aliphatic rings. The van der Waals surface area contributed by atoms with Gasteiger partial charge in [-0.1, -0.05) is 87.2 Å². The third-order valence-electron chi connectivity index (χ3n) is 4.75. The molecule has 0 saturated carbocycles. The van der Waals surface area contributed by atoms with Crippen LogP contribution in [0.5, 0.6) is 5.75 Å². The van der Waals surface area contributed by atoms with E-state index < -0.39 is 0 Å². The van der Waals surface area contributed by atoms with Crippen LogP contribution in [0.2, 0.25) is 0 Å². The highest BCUT2D eigenvalue weighted by Gasteiger charge is 2.15. The van der Waals surface area contributed by atoms with Gasteiger partial charge in [0.15, 0.2) is 5.82 Å². The van der Waals surface area contributed by atoms with Gasteiger partial charge in [0.25, 0.3) is 5.56 Å². The van der Waals surface area contributed by atoms with Crippen LogP contribution in [-0.2, 0) is 5.41 Å². The molecule has 0 spiro atoms. The monoisotopic (exact) mass is 417 g/mol. The second kappa shape index (κ2) is 7.88. The first-order valence-corrected chi connectivity index (χ1v) is 10.5. The molecule has 0 radical (unpaired) electrons. The van der Waals surface area contributed by atoms with Gasteiger partial charge in [0.1, 0.15) is 12.4 Å². The lowest BCUT2D eigenvalue weighted by Gasteiger charge is -2.18. The van der Waals surface area contributed by atoms with E-state index in [0.717, 1.165) is 11.1 Å². The van der Waals surface area contributed by atoms with Crippen molar-refractivity contribution in [1.82, 2.24) is 14.6 Å². The van der Waals surface area contributed by atoms with Gasteiger partial charge in [0.2, 0.25) is 4.96 Å². The minimum absolute atomic E-state index is 0.0824. The van der Waals surface area contributed by atoms with Gasteiger partial charge < -0.3 is 4.74 Å². The SMILES string of the molecule is C=CCOc1ccccc1C=c1sc2nc(-c3ccc(C(C)(C)C)cc3)nn2c1=O. The van der Waals surface area contributed by atoms with Crippen LogP contribution in [0.15, 0.2) is 66.0 Å². The zero-order valence-electron chi connectivity index (χ0n) is 17.3. The third-order valence-corrected chi connectivity index (χ3v) is 5.71. The Labute approximate surface area is 179 Å². The van der Waals surface area contributed by atoms with Crippen molar-refractivity contribution in [2.75, 3.05) is 6.61 Å². The first-order chi connectivity index (χ1) is 14.4. The Morgan fingerprint density at radius 3 is 2.53 bits per heavy atom. The molecular weight excluding hydrogens is 394 g/mol. The summed E-state index contributed by atoms with van der Waals surface area (Å²) < 4.78 is 7.62. The van der Waals surface area contributed by atoms with E-state index >= 15 is 0 Å². The van der Waals surface area contributed by atoms with Crippen molar-refractivity contribution in [3.8, 4) is 17.1 Å². The Kier molecular flexibility index (Phi) is 5.26. The largest absolute Gasteiger partial charge is 0.489 e. The van der Waals surface area contributed by atoms with Crippen LogP contribution in [0.1, 0.15) is 31.9 Å². The van der Waals surface area contributed by atoms with Gasteiger partial charge in [-0.15, -0.1) is 5.10 Å². The summed E-state index contributed by atoms with van der Waals surface area (Å²) in [7, 11) is 0. The molecule has 0 aliphatic heterocycles. The van der Waals surface area contributed by atoms with Crippen molar-refractivity contribution in [1.29, 1.82) is 0 Å². The number of benzene rings is 2. The Balaban J connectivity index is 1.71. The van der Waals surface area contributed by atoms with Gasteiger partial charge in [-0.05, 0) is 23.1 Å². The molecule has 4 aromatic rings. The van der Waals surface area contributed by atoms with Crippen LogP contribution in [-0.4, -0.2) is 21.2 Å². The van der Waals surface area contributed by atoms with Crippen molar-refractivity contribution in [3.05, 3.63) is 87.2 Å². The number of fused-ring (bicyclic) bond motifs is 1. The number of aromatic nitrogens is 3. The minimum atomic E-state index is -0.182. The smallest absolute Gasteiger partial charge is 0.291 e. The first-order valence-electron chi connectivity index (χ1n) is 9.72. The summed E-state index contributed by atoms with van der Waals surface area (Å²) in [4.78, 5) is 18.0. The highest BCUT2D eigenvalue weighted by Crippen LogP contribution is 2.25. The fraction of sp³-hybridized carbons (Fsp3) is 0.208. The number of nitrogens with zero attached hydrogens (tertiary/aromatic N) is 3. The normalized spacial score (nSPS) is 12.4. The van der Waals surface area contributed by atoms with Crippen molar-refractivity contribution >= 4 is 22.4 Å². The molecule has 5 nitrogen and oxygen atoms in total. The van der Waals surface area contributed by atoms with Gasteiger partial charge in [-0.25, -0.2) is 0 Å². The quantitative estimate of drug-likeness (QED) is 0.456. The van der Waals surface area contributed by atoms with Gasteiger partial charge in [0.05, 0.1) is 4.53 Å². The average Bonchev–Trinajstić information content (AvgIpc) is 3.26. The van der Waals surface area contributed by atoms with Crippen LogP contribution in [0.3, 0.4) is 0 Å². The number of thiazole rings is 1. The molecule has 0 fully saturated rings. The zero-order valence-corrected chi connectivity index (χ0v) is 18.1. The standard InChI is InChI=1S/C24H23N3O2S/c1-5-14-29-19-9-7-6-8-17(19)15-20-22(28)27-23(30-20)25-21(26-27)16-10-12-18(13-11-16)24(2,3)4/h5-13,15H,1,14H2,2-4H3. The topological polar surface area (TPSA) is 56.5 Å². The van der Waals surface area contributed by atoms with Crippen molar-refractivity contribution in [2.24, 2.45) is 0 Å². The maximum Gasteiger partial charge on any atom is 0.291 e. The molecule has 4 rings (SSSR count). The molecule has 0 amide bonds. The predicted octanol–water partition coefficient (Wildman–Crippen LogP) is 4.23. The minimum Gasteiger partial charge on any atom is -0.489 e. The summed E-state index contributed by atoms with van der Waals surface area (Å²) in [6.07, 6.45) is 3.51. The fourth-order valence-electron chi connectivity index (χ4n) is 3.10. The van der Waals surface area contributed by atoms with Crippen LogP contribution in [0, 0.1) is 0 Å². The van der Waals surface area contributed by atoms with Crippen molar-refractivity contribution in [2.45, 2.75) is 26.2 Å².